The van der Waals surface area contributed by atoms with Crippen LogP contribution in [0.2, 0.25) is 0 Å². The van der Waals surface area contributed by atoms with Crippen molar-refractivity contribution >= 4 is 33.2 Å². The molecule has 0 aliphatic heterocycles. The molecule has 0 heterocycles. The molecule has 2 aromatic carbocycles. The Morgan fingerprint density at radius 2 is 1.86 bits per heavy atom. The molecule has 7 nitrogen and oxygen atoms in total. The molecule has 0 unspecified atom stereocenters. The first-order valence-corrected chi connectivity index (χ1v) is 10.8. The molecule has 0 radical (unpaired) electrons. The average molecular weight is 416 g/mol. The highest BCUT2D eigenvalue weighted by atomic mass is 32.2. The lowest BCUT2D eigenvalue weighted by Crippen LogP contribution is -2.45. The van der Waals surface area contributed by atoms with Gasteiger partial charge in [-0.15, -0.1) is 6.58 Å². The van der Waals surface area contributed by atoms with Gasteiger partial charge >= 0.3 is 0 Å². The van der Waals surface area contributed by atoms with Crippen molar-refractivity contribution in [2.24, 2.45) is 0 Å². The summed E-state index contributed by atoms with van der Waals surface area (Å²) in [5.41, 5.74) is 1.83. The first-order valence-electron chi connectivity index (χ1n) is 9.00. The molecule has 2 rings (SSSR count). The summed E-state index contributed by atoms with van der Waals surface area (Å²) in [6.07, 6.45) is 2.60. The first-order chi connectivity index (χ1) is 13.6. The number of hydrogen-bond acceptors (Lipinski definition) is 4. The molecular formula is C21H25N3O4S. The predicted molar refractivity (Wildman–Crippen MR) is 116 cm³/mol. The van der Waals surface area contributed by atoms with Crippen LogP contribution in [-0.2, 0) is 14.8 Å². The van der Waals surface area contributed by atoms with Crippen LogP contribution in [0.4, 0.5) is 11.4 Å². The lowest BCUT2D eigenvalue weighted by molar-refractivity contribution is -0.116. The average Bonchev–Trinajstić information content (AvgIpc) is 2.65. The summed E-state index contributed by atoms with van der Waals surface area (Å²) in [4.78, 5) is 25.2. The van der Waals surface area contributed by atoms with Gasteiger partial charge in [0.15, 0.2) is 0 Å². The SMILES string of the molecule is C=CCNC(=O)c1ccccc1NC(=O)[C@@H](C)N(c1cccc(C)c1)S(C)(=O)=O. The largest absolute Gasteiger partial charge is 0.349 e. The third-order valence-corrected chi connectivity index (χ3v) is 5.42. The van der Waals surface area contributed by atoms with Crippen molar-refractivity contribution in [1.29, 1.82) is 0 Å². The maximum Gasteiger partial charge on any atom is 0.253 e. The van der Waals surface area contributed by atoms with Crippen molar-refractivity contribution < 1.29 is 18.0 Å². The molecule has 1 atom stereocenters. The van der Waals surface area contributed by atoms with Gasteiger partial charge in [0.25, 0.3) is 5.91 Å². The number of benzene rings is 2. The monoisotopic (exact) mass is 415 g/mol. The molecule has 0 fully saturated rings. The Hall–Kier alpha value is -3.13. The van der Waals surface area contributed by atoms with Crippen molar-refractivity contribution in [2.45, 2.75) is 19.9 Å². The zero-order valence-electron chi connectivity index (χ0n) is 16.7. The van der Waals surface area contributed by atoms with Crippen molar-refractivity contribution in [3.05, 3.63) is 72.3 Å². The molecule has 0 saturated carbocycles. The molecule has 0 spiro atoms. The molecule has 29 heavy (non-hydrogen) atoms. The van der Waals surface area contributed by atoms with Gasteiger partial charge in [0.2, 0.25) is 15.9 Å². The number of para-hydroxylation sites is 1. The van der Waals surface area contributed by atoms with Crippen LogP contribution in [0, 0.1) is 6.92 Å². The summed E-state index contributed by atoms with van der Waals surface area (Å²) in [5, 5.41) is 5.33. The van der Waals surface area contributed by atoms with Crippen LogP contribution in [0.15, 0.2) is 61.2 Å². The highest BCUT2D eigenvalue weighted by molar-refractivity contribution is 7.92. The Bertz CT molecular complexity index is 1020. The zero-order chi connectivity index (χ0) is 21.6. The number of rotatable bonds is 8. The standard InChI is InChI=1S/C21H25N3O4S/c1-5-13-22-21(26)18-11-6-7-12-19(18)23-20(25)16(3)24(29(4,27)28)17-10-8-9-15(2)14-17/h5-12,14,16H,1,13H2,2-4H3,(H,22,26)(H,23,25)/t16-/m1/s1. The van der Waals surface area contributed by atoms with Gasteiger partial charge in [0.1, 0.15) is 6.04 Å². The van der Waals surface area contributed by atoms with Gasteiger partial charge in [-0.3, -0.25) is 13.9 Å². The smallest absolute Gasteiger partial charge is 0.253 e. The topological polar surface area (TPSA) is 95.6 Å². The second-order valence-corrected chi connectivity index (χ2v) is 8.47. The van der Waals surface area contributed by atoms with Gasteiger partial charge < -0.3 is 10.6 Å². The molecule has 0 aliphatic carbocycles. The Labute approximate surface area is 171 Å². The summed E-state index contributed by atoms with van der Waals surface area (Å²) in [7, 11) is -3.73. The maximum absolute atomic E-state index is 12.9. The van der Waals surface area contributed by atoms with E-state index in [1.165, 1.54) is 6.92 Å². The number of carbonyl (C=O) groups is 2. The minimum atomic E-state index is -3.73. The van der Waals surface area contributed by atoms with Gasteiger partial charge in [-0.05, 0) is 43.7 Å². The van der Waals surface area contributed by atoms with Crippen LogP contribution in [0.3, 0.4) is 0 Å². The van der Waals surface area contributed by atoms with E-state index in [2.05, 4.69) is 17.2 Å². The predicted octanol–water partition coefficient (Wildman–Crippen LogP) is 2.70. The highest BCUT2D eigenvalue weighted by Crippen LogP contribution is 2.23. The lowest BCUT2D eigenvalue weighted by atomic mass is 10.1. The molecular weight excluding hydrogens is 390 g/mol. The quantitative estimate of drug-likeness (QED) is 0.648. The second kappa shape index (κ2) is 9.38. The number of amides is 2. The van der Waals surface area contributed by atoms with Crippen molar-refractivity contribution in [1.82, 2.24) is 5.32 Å². The Kier molecular flexibility index (Phi) is 7.17. The van der Waals surface area contributed by atoms with Gasteiger partial charge in [-0.2, -0.15) is 0 Å². The maximum atomic E-state index is 12.9. The fourth-order valence-corrected chi connectivity index (χ4v) is 4.03. The molecule has 2 N–H and O–H groups in total. The Morgan fingerprint density at radius 3 is 2.48 bits per heavy atom. The van der Waals surface area contributed by atoms with E-state index in [1.807, 2.05) is 13.0 Å². The molecule has 2 amide bonds. The second-order valence-electron chi connectivity index (χ2n) is 6.61. The number of nitrogens with one attached hydrogen (secondary N) is 2. The molecule has 0 bridgehead atoms. The van der Waals surface area contributed by atoms with Crippen LogP contribution >= 0.6 is 0 Å². The molecule has 0 saturated heterocycles. The minimum absolute atomic E-state index is 0.274. The number of hydrogen-bond donors (Lipinski definition) is 2. The van der Waals surface area contributed by atoms with E-state index in [0.29, 0.717) is 11.4 Å². The number of aryl methyl sites for hydroxylation is 1. The summed E-state index contributed by atoms with van der Waals surface area (Å²) in [6.45, 7) is 7.17. The minimum Gasteiger partial charge on any atom is -0.349 e. The molecule has 0 aliphatic rings. The highest BCUT2D eigenvalue weighted by Gasteiger charge is 2.29. The Balaban J connectivity index is 2.32. The molecule has 8 heteroatoms. The van der Waals surface area contributed by atoms with Gasteiger partial charge in [0, 0.05) is 6.54 Å². The van der Waals surface area contributed by atoms with Crippen molar-refractivity contribution in [3.8, 4) is 0 Å². The third-order valence-electron chi connectivity index (χ3n) is 4.18. The number of carbonyl (C=O) groups excluding carboxylic acids is 2. The number of sulfonamides is 1. The zero-order valence-corrected chi connectivity index (χ0v) is 17.5. The van der Waals surface area contributed by atoms with E-state index in [1.54, 1.807) is 48.5 Å². The summed E-state index contributed by atoms with van der Waals surface area (Å²) >= 11 is 0. The summed E-state index contributed by atoms with van der Waals surface area (Å²) < 4.78 is 25.9. The van der Waals surface area contributed by atoms with Crippen LogP contribution in [0.25, 0.3) is 0 Å². The fraction of sp³-hybridized carbons (Fsp3) is 0.238. The fourth-order valence-electron chi connectivity index (χ4n) is 2.86. The normalized spacial score (nSPS) is 12.0. The van der Waals surface area contributed by atoms with E-state index in [-0.39, 0.29) is 18.0 Å². The van der Waals surface area contributed by atoms with Crippen LogP contribution in [-0.4, -0.2) is 39.1 Å². The summed E-state index contributed by atoms with van der Waals surface area (Å²) in [6, 6.07) is 12.4. The lowest BCUT2D eigenvalue weighted by Gasteiger charge is -2.28. The third kappa shape index (κ3) is 5.68. The number of nitrogens with zero attached hydrogens (tertiary/aromatic N) is 1. The van der Waals surface area contributed by atoms with Crippen molar-refractivity contribution in [3.63, 3.8) is 0 Å². The van der Waals surface area contributed by atoms with E-state index in [0.717, 1.165) is 16.1 Å². The van der Waals surface area contributed by atoms with E-state index in [4.69, 9.17) is 0 Å². The van der Waals surface area contributed by atoms with E-state index in [9.17, 15) is 18.0 Å². The van der Waals surface area contributed by atoms with Crippen molar-refractivity contribution in [2.75, 3.05) is 22.4 Å². The van der Waals surface area contributed by atoms with Crippen LogP contribution in [0.1, 0.15) is 22.8 Å². The summed E-state index contributed by atoms with van der Waals surface area (Å²) in [5.74, 6) is -0.923. The van der Waals surface area contributed by atoms with Crippen LogP contribution < -0.4 is 14.9 Å². The molecule has 0 aromatic heterocycles. The van der Waals surface area contributed by atoms with E-state index >= 15 is 0 Å². The molecule has 154 valence electrons. The first kappa shape index (κ1) is 22.2. The van der Waals surface area contributed by atoms with Gasteiger partial charge in [0.05, 0.1) is 23.2 Å². The number of anilines is 2. The molecule has 2 aromatic rings. The van der Waals surface area contributed by atoms with Crippen LogP contribution in [0.5, 0.6) is 0 Å². The van der Waals surface area contributed by atoms with Gasteiger partial charge in [-0.25, -0.2) is 8.42 Å². The van der Waals surface area contributed by atoms with Gasteiger partial charge in [-0.1, -0.05) is 30.3 Å². The van der Waals surface area contributed by atoms with E-state index < -0.39 is 22.0 Å². The Morgan fingerprint density at radius 1 is 1.17 bits per heavy atom.